The number of anilines is 1. The topological polar surface area (TPSA) is 42.0 Å². The van der Waals surface area contributed by atoms with E-state index in [0.29, 0.717) is 6.92 Å². The van der Waals surface area contributed by atoms with Gasteiger partial charge in [0.15, 0.2) is 5.13 Å². The van der Waals surface area contributed by atoms with Gasteiger partial charge in [-0.25, -0.2) is 4.98 Å². The van der Waals surface area contributed by atoms with Gasteiger partial charge < -0.3 is 0 Å². The van der Waals surface area contributed by atoms with Crippen molar-refractivity contribution in [1.82, 2.24) is 4.98 Å². The summed E-state index contributed by atoms with van der Waals surface area (Å²) in [7, 11) is 0. The van der Waals surface area contributed by atoms with E-state index in [-0.39, 0.29) is 5.13 Å². The Hall–Kier alpha value is -1.04. The van der Waals surface area contributed by atoms with Crippen LogP contribution < -0.4 is 5.32 Å². The van der Waals surface area contributed by atoms with E-state index in [1.807, 2.05) is 5.32 Å². The molecule has 3 nitrogen and oxygen atoms in total. The molecular formula is C6H6F2N2OS. The molecule has 0 aliphatic carbocycles. The normalized spacial score (nSPS) is 11.2. The summed E-state index contributed by atoms with van der Waals surface area (Å²) in [6.07, 6.45) is 1.42. The third-order valence-electron chi connectivity index (χ3n) is 1.05. The van der Waals surface area contributed by atoms with Gasteiger partial charge in [0, 0.05) is 18.5 Å². The van der Waals surface area contributed by atoms with E-state index in [2.05, 4.69) is 4.98 Å². The van der Waals surface area contributed by atoms with E-state index >= 15 is 0 Å². The van der Waals surface area contributed by atoms with Gasteiger partial charge >= 0.3 is 5.92 Å². The van der Waals surface area contributed by atoms with Gasteiger partial charge in [-0.15, -0.1) is 11.3 Å². The van der Waals surface area contributed by atoms with Gasteiger partial charge in [0.1, 0.15) is 0 Å². The lowest BCUT2D eigenvalue weighted by Crippen LogP contribution is -2.31. The molecule has 1 heterocycles. The van der Waals surface area contributed by atoms with Gasteiger partial charge in [-0.3, -0.25) is 10.1 Å². The van der Waals surface area contributed by atoms with Crippen molar-refractivity contribution in [3.05, 3.63) is 11.6 Å². The van der Waals surface area contributed by atoms with E-state index in [1.165, 1.54) is 6.20 Å². The lowest BCUT2D eigenvalue weighted by molar-refractivity contribution is -0.137. The fourth-order valence-electron chi connectivity index (χ4n) is 0.492. The molecule has 0 unspecified atom stereocenters. The molecule has 0 spiro atoms. The van der Waals surface area contributed by atoms with E-state index in [9.17, 15) is 13.6 Å². The first-order valence-electron chi connectivity index (χ1n) is 3.09. The Bertz CT molecular complexity index is 268. The van der Waals surface area contributed by atoms with Crippen molar-refractivity contribution in [3.8, 4) is 0 Å². The van der Waals surface area contributed by atoms with Crippen LogP contribution in [0.15, 0.2) is 11.6 Å². The molecule has 1 amide bonds. The number of rotatable bonds is 2. The van der Waals surface area contributed by atoms with Gasteiger partial charge in [-0.05, 0) is 0 Å². The van der Waals surface area contributed by atoms with Crippen LogP contribution in [0.3, 0.4) is 0 Å². The zero-order valence-electron chi connectivity index (χ0n) is 6.17. The maximum absolute atomic E-state index is 12.3. The smallest absolute Gasteiger partial charge is 0.297 e. The van der Waals surface area contributed by atoms with Crippen LogP contribution in [0.2, 0.25) is 0 Å². The number of halogens is 2. The van der Waals surface area contributed by atoms with Crippen LogP contribution in [0, 0.1) is 0 Å². The number of nitrogens with zero attached hydrogens (tertiary/aromatic N) is 1. The molecule has 12 heavy (non-hydrogen) atoms. The second kappa shape index (κ2) is 3.14. The molecule has 1 N–H and O–H groups in total. The minimum atomic E-state index is -3.36. The maximum Gasteiger partial charge on any atom is 0.322 e. The Morgan fingerprint density at radius 3 is 2.83 bits per heavy atom. The summed E-state index contributed by atoms with van der Waals surface area (Å²) in [6, 6.07) is 0. The molecule has 1 rings (SSSR count). The highest BCUT2D eigenvalue weighted by Gasteiger charge is 2.32. The number of amides is 1. The van der Waals surface area contributed by atoms with Crippen LogP contribution >= 0.6 is 11.3 Å². The lowest BCUT2D eigenvalue weighted by atomic mass is 10.4. The number of thiazole rings is 1. The average molecular weight is 192 g/mol. The molecule has 0 saturated carbocycles. The average Bonchev–Trinajstić information content (AvgIpc) is 2.37. The number of carbonyl (C=O) groups is 1. The second-order valence-corrected chi connectivity index (χ2v) is 3.07. The Kier molecular flexibility index (Phi) is 2.37. The van der Waals surface area contributed by atoms with Gasteiger partial charge in [0.05, 0.1) is 0 Å². The summed E-state index contributed by atoms with van der Waals surface area (Å²) in [5, 5.41) is 3.75. The molecule has 0 radical (unpaired) electrons. The van der Waals surface area contributed by atoms with Crippen LogP contribution in [-0.4, -0.2) is 16.8 Å². The third-order valence-corrected chi connectivity index (χ3v) is 1.74. The van der Waals surface area contributed by atoms with Gasteiger partial charge in [-0.1, -0.05) is 0 Å². The van der Waals surface area contributed by atoms with Gasteiger partial charge in [-0.2, -0.15) is 8.78 Å². The molecule has 0 aliphatic heterocycles. The number of aromatic nitrogens is 1. The second-order valence-electron chi connectivity index (χ2n) is 2.18. The zero-order valence-corrected chi connectivity index (χ0v) is 6.99. The van der Waals surface area contributed by atoms with Crippen molar-refractivity contribution < 1.29 is 13.6 Å². The Morgan fingerprint density at radius 1 is 1.75 bits per heavy atom. The number of carbonyl (C=O) groups excluding carboxylic acids is 1. The van der Waals surface area contributed by atoms with E-state index in [1.54, 1.807) is 5.38 Å². The largest absolute Gasteiger partial charge is 0.322 e. The Morgan fingerprint density at radius 2 is 2.42 bits per heavy atom. The highest BCUT2D eigenvalue weighted by molar-refractivity contribution is 7.13. The highest BCUT2D eigenvalue weighted by atomic mass is 32.1. The summed E-state index contributed by atoms with van der Waals surface area (Å²) < 4.78 is 24.5. The number of hydrogen-bond donors (Lipinski definition) is 1. The third kappa shape index (κ3) is 2.23. The van der Waals surface area contributed by atoms with E-state index in [0.717, 1.165) is 11.3 Å². The Labute approximate surface area is 71.4 Å². The maximum atomic E-state index is 12.3. The van der Waals surface area contributed by atoms with E-state index < -0.39 is 11.8 Å². The molecule has 6 heteroatoms. The molecule has 0 fully saturated rings. The predicted molar refractivity (Wildman–Crippen MR) is 41.4 cm³/mol. The molecule has 0 aromatic carbocycles. The first-order chi connectivity index (χ1) is 5.50. The summed E-state index contributed by atoms with van der Waals surface area (Å²) >= 11 is 1.09. The number of alkyl halides is 2. The van der Waals surface area contributed by atoms with Gasteiger partial charge in [0.25, 0.3) is 5.91 Å². The molecule has 0 saturated heterocycles. The van der Waals surface area contributed by atoms with Crippen molar-refractivity contribution in [2.24, 2.45) is 0 Å². The van der Waals surface area contributed by atoms with Gasteiger partial charge in [0.2, 0.25) is 0 Å². The van der Waals surface area contributed by atoms with Crippen LogP contribution in [0.4, 0.5) is 13.9 Å². The SMILES string of the molecule is CC(F)(F)C(=O)Nc1nccs1. The predicted octanol–water partition coefficient (Wildman–Crippen LogP) is 1.74. The van der Waals surface area contributed by atoms with Crippen molar-refractivity contribution in [2.75, 3.05) is 5.32 Å². The molecular weight excluding hydrogens is 186 g/mol. The molecule has 1 aromatic heterocycles. The molecule has 0 aliphatic rings. The minimum absolute atomic E-state index is 0.182. The summed E-state index contributed by atoms with van der Waals surface area (Å²) in [5.74, 6) is -4.69. The Balaban J connectivity index is 2.60. The molecule has 0 bridgehead atoms. The van der Waals surface area contributed by atoms with Crippen LogP contribution in [0.25, 0.3) is 0 Å². The summed E-state index contributed by atoms with van der Waals surface area (Å²) in [5.41, 5.74) is 0. The molecule has 0 atom stereocenters. The number of nitrogens with one attached hydrogen (secondary N) is 1. The van der Waals surface area contributed by atoms with Crippen LogP contribution in [0.1, 0.15) is 6.92 Å². The van der Waals surface area contributed by atoms with E-state index in [4.69, 9.17) is 0 Å². The summed E-state index contributed by atoms with van der Waals surface area (Å²) in [6.45, 7) is 0.538. The van der Waals surface area contributed by atoms with Crippen molar-refractivity contribution in [3.63, 3.8) is 0 Å². The highest BCUT2D eigenvalue weighted by Crippen LogP contribution is 2.17. The monoisotopic (exact) mass is 192 g/mol. The molecule has 1 aromatic rings. The first-order valence-corrected chi connectivity index (χ1v) is 3.97. The van der Waals surface area contributed by atoms with Crippen molar-refractivity contribution >= 4 is 22.4 Å². The van der Waals surface area contributed by atoms with Crippen LogP contribution in [0.5, 0.6) is 0 Å². The van der Waals surface area contributed by atoms with Crippen LogP contribution in [-0.2, 0) is 4.79 Å². The zero-order chi connectivity index (χ0) is 9.19. The quantitative estimate of drug-likeness (QED) is 0.775. The fourth-order valence-corrected chi connectivity index (χ4v) is 1.02. The fraction of sp³-hybridized carbons (Fsp3) is 0.333. The number of hydrogen-bond acceptors (Lipinski definition) is 3. The lowest BCUT2D eigenvalue weighted by Gasteiger charge is -2.07. The van der Waals surface area contributed by atoms with Crippen molar-refractivity contribution in [1.29, 1.82) is 0 Å². The molecule has 66 valence electrons. The first kappa shape index (κ1) is 9.05. The standard InChI is InChI=1S/C6H6F2N2OS/c1-6(7,8)4(11)10-5-9-2-3-12-5/h2-3H,1H3,(H,9,10,11). The van der Waals surface area contributed by atoms with Crippen molar-refractivity contribution in [2.45, 2.75) is 12.8 Å². The summed E-state index contributed by atoms with van der Waals surface area (Å²) in [4.78, 5) is 14.3. The minimum Gasteiger partial charge on any atom is -0.297 e.